The summed E-state index contributed by atoms with van der Waals surface area (Å²) in [6, 6.07) is 42.1. The fourth-order valence-corrected chi connectivity index (χ4v) is 4.71. The number of aromatic nitrogens is 2. The van der Waals surface area contributed by atoms with E-state index >= 15 is 0 Å². The molecule has 0 radical (unpaired) electrons. The lowest BCUT2D eigenvalue weighted by Gasteiger charge is -2.37. The quantitative estimate of drug-likeness (QED) is 0.153. The first kappa shape index (κ1) is 24.2. The van der Waals surface area contributed by atoms with Crippen molar-refractivity contribution in [2.24, 2.45) is 0 Å². The molecule has 0 amide bonds. The summed E-state index contributed by atoms with van der Waals surface area (Å²) in [5.41, 5.74) is 5.03. The zero-order chi connectivity index (χ0) is 25.2. The van der Waals surface area contributed by atoms with Gasteiger partial charge in [-0.15, -0.1) is 0 Å². The van der Waals surface area contributed by atoms with Gasteiger partial charge in [0, 0.05) is 6.20 Å². The second-order valence-corrected chi connectivity index (χ2v) is 8.77. The summed E-state index contributed by atoms with van der Waals surface area (Å²) in [5, 5.41) is 0. The number of imidazole rings is 1. The summed E-state index contributed by atoms with van der Waals surface area (Å²) >= 11 is 0. The Hall–Kier alpha value is -4.47. The normalized spacial score (nSPS) is 11.9. The van der Waals surface area contributed by atoms with Crippen LogP contribution in [-0.4, -0.2) is 22.8 Å². The molecule has 3 heteroatoms. The second kappa shape index (κ2) is 12.0. The van der Waals surface area contributed by atoms with E-state index < -0.39 is 5.54 Å². The Balaban J connectivity index is 1.40. The molecule has 0 saturated carbocycles. The van der Waals surface area contributed by atoms with Crippen molar-refractivity contribution in [3.63, 3.8) is 0 Å². The lowest BCUT2D eigenvalue weighted by atomic mass is 9.77. The maximum atomic E-state index is 5.75. The van der Waals surface area contributed by atoms with E-state index in [4.69, 9.17) is 9.72 Å². The second-order valence-electron chi connectivity index (χ2n) is 8.77. The largest absolute Gasteiger partial charge is 0.373 e. The molecule has 0 bridgehead atoms. The van der Waals surface area contributed by atoms with Crippen LogP contribution in [0.4, 0.5) is 0 Å². The molecule has 182 valence electrons. The third kappa shape index (κ3) is 5.53. The van der Waals surface area contributed by atoms with Crippen LogP contribution in [0.2, 0.25) is 0 Å². The monoisotopic (exact) mass is 482 g/mol. The molecule has 4 aromatic carbocycles. The number of rotatable bonds is 10. The number of benzene rings is 4. The standard InChI is InChI=1S/C34H30N2O/c1-5-15-29(16-6-1)17-13-25-37-26-14-24-33-27-36(28-35-33)34(30-18-7-2-8-19-30,31-20-9-3-10-21-31)32-22-11-4-12-23-32/h1-24,27-28H,25-26H2/b17-13+,24-14+. The number of nitrogens with zero attached hydrogens (tertiary/aromatic N) is 2. The average molecular weight is 483 g/mol. The molecule has 5 aromatic rings. The zero-order valence-corrected chi connectivity index (χ0v) is 20.7. The molecule has 0 saturated heterocycles. The third-order valence-corrected chi connectivity index (χ3v) is 6.39. The summed E-state index contributed by atoms with van der Waals surface area (Å²) in [5.74, 6) is 0. The smallest absolute Gasteiger partial charge is 0.121 e. The van der Waals surface area contributed by atoms with Crippen LogP contribution < -0.4 is 0 Å². The van der Waals surface area contributed by atoms with Gasteiger partial charge in [0.25, 0.3) is 0 Å². The molecular formula is C34H30N2O. The highest BCUT2D eigenvalue weighted by atomic mass is 16.5. The molecule has 5 rings (SSSR count). The van der Waals surface area contributed by atoms with Crippen LogP contribution >= 0.6 is 0 Å². The molecule has 0 unspecified atom stereocenters. The van der Waals surface area contributed by atoms with Crippen molar-refractivity contribution in [1.29, 1.82) is 0 Å². The fourth-order valence-electron chi connectivity index (χ4n) is 4.71. The Morgan fingerprint density at radius 3 is 1.57 bits per heavy atom. The van der Waals surface area contributed by atoms with Gasteiger partial charge in [-0.2, -0.15) is 0 Å². The van der Waals surface area contributed by atoms with E-state index in [1.54, 1.807) is 0 Å². The molecule has 1 aromatic heterocycles. The van der Waals surface area contributed by atoms with Gasteiger partial charge in [0.05, 0.1) is 25.2 Å². The van der Waals surface area contributed by atoms with Gasteiger partial charge in [0.15, 0.2) is 0 Å². The highest BCUT2D eigenvalue weighted by Crippen LogP contribution is 2.40. The van der Waals surface area contributed by atoms with Gasteiger partial charge < -0.3 is 9.30 Å². The van der Waals surface area contributed by atoms with Crippen molar-refractivity contribution in [3.05, 3.63) is 174 Å². The van der Waals surface area contributed by atoms with Gasteiger partial charge in [-0.25, -0.2) is 4.98 Å². The van der Waals surface area contributed by atoms with E-state index in [-0.39, 0.29) is 0 Å². The van der Waals surface area contributed by atoms with Gasteiger partial charge in [-0.05, 0) is 28.3 Å². The Labute approximate surface area is 219 Å². The Bertz CT molecular complexity index is 1330. The molecule has 0 aliphatic heterocycles. The third-order valence-electron chi connectivity index (χ3n) is 6.39. The minimum atomic E-state index is -0.554. The Kier molecular flexibility index (Phi) is 7.85. The molecule has 37 heavy (non-hydrogen) atoms. The topological polar surface area (TPSA) is 27.1 Å². The first-order valence-electron chi connectivity index (χ1n) is 12.5. The van der Waals surface area contributed by atoms with Crippen molar-refractivity contribution in [2.45, 2.75) is 5.54 Å². The minimum Gasteiger partial charge on any atom is -0.373 e. The Morgan fingerprint density at radius 2 is 1.05 bits per heavy atom. The van der Waals surface area contributed by atoms with E-state index in [0.717, 1.165) is 5.69 Å². The van der Waals surface area contributed by atoms with Gasteiger partial charge >= 0.3 is 0 Å². The maximum Gasteiger partial charge on any atom is 0.121 e. The lowest BCUT2D eigenvalue weighted by molar-refractivity contribution is 0.195. The minimum absolute atomic E-state index is 0.521. The van der Waals surface area contributed by atoms with Crippen molar-refractivity contribution < 1.29 is 4.74 Å². The molecule has 0 atom stereocenters. The van der Waals surface area contributed by atoms with Gasteiger partial charge in [-0.3, -0.25) is 0 Å². The summed E-state index contributed by atoms with van der Waals surface area (Å²) in [6.45, 7) is 1.08. The molecule has 0 fully saturated rings. The van der Waals surface area contributed by atoms with Crippen molar-refractivity contribution in [3.8, 4) is 0 Å². The van der Waals surface area contributed by atoms with Crippen LogP contribution in [0, 0.1) is 0 Å². The van der Waals surface area contributed by atoms with E-state index in [1.807, 2.05) is 42.8 Å². The fraction of sp³-hybridized carbons (Fsp3) is 0.0882. The molecule has 1 heterocycles. The van der Waals surface area contributed by atoms with E-state index in [2.05, 4.69) is 120 Å². The molecule has 3 nitrogen and oxygen atoms in total. The highest BCUT2D eigenvalue weighted by molar-refractivity contribution is 5.52. The van der Waals surface area contributed by atoms with Crippen LogP contribution in [0.1, 0.15) is 27.9 Å². The first-order chi connectivity index (χ1) is 18.4. The van der Waals surface area contributed by atoms with E-state index in [0.29, 0.717) is 13.2 Å². The summed E-state index contributed by atoms with van der Waals surface area (Å²) in [6.07, 6.45) is 12.2. The first-order valence-corrected chi connectivity index (χ1v) is 12.5. The van der Waals surface area contributed by atoms with E-state index in [9.17, 15) is 0 Å². The van der Waals surface area contributed by atoms with Crippen LogP contribution in [0.5, 0.6) is 0 Å². The van der Waals surface area contributed by atoms with Gasteiger partial charge in [-0.1, -0.05) is 140 Å². The van der Waals surface area contributed by atoms with Crippen LogP contribution in [0.15, 0.2) is 146 Å². The van der Waals surface area contributed by atoms with Crippen molar-refractivity contribution >= 4 is 12.2 Å². The van der Waals surface area contributed by atoms with Crippen molar-refractivity contribution in [1.82, 2.24) is 9.55 Å². The molecule has 0 spiro atoms. The molecule has 0 N–H and O–H groups in total. The highest BCUT2D eigenvalue weighted by Gasteiger charge is 2.38. The maximum absolute atomic E-state index is 5.75. The average Bonchev–Trinajstić information content (AvgIpc) is 3.44. The summed E-state index contributed by atoms with van der Waals surface area (Å²) < 4.78 is 7.97. The zero-order valence-electron chi connectivity index (χ0n) is 20.7. The van der Waals surface area contributed by atoms with Crippen LogP contribution in [0.25, 0.3) is 12.2 Å². The van der Waals surface area contributed by atoms with Crippen LogP contribution in [-0.2, 0) is 10.3 Å². The predicted molar refractivity (Wildman–Crippen MR) is 152 cm³/mol. The SMILES string of the molecule is C(=C\c1ccccc1)/COC/C=C/c1cn(C(c2ccccc2)(c2ccccc2)c2ccccc2)cn1. The van der Waals surface area contributed by atoms with Crippen LogP contribution in [0.3, 0.4) is 0 Å². The van der Waals surface area contributed by atoms with Gasteiger partial charge in [0.2, 0.25) is 0 Å². The Morgan fingerprint density at radius 1 is 0.595 bits per heavy atom. The summed E-state index contributed by atoms with van der Waals surface area (Å²) in [7, 11) is 0. The van der Waals surface area contributed by atoms with E-state index in [1.165, 1.54) is 22.3 Å². The lowest BCUT2D eigenvalue weighted by Crippen LogP contribution is -2.36. The molecular weight excluding hydrogens is 452 g/mol. The summed E-state index contributed by atoms with van der Waals surface area (Å²) in [4.78, 5) is 4.74. The number of ether oxygens (including phenoxy) is 1. The molecule has 0 aliphatic carbocycles. The van der Waals surface area contributed by atoms with Gasteiger partial charge in [0.1, 0.15) is 5.54 Å². The predicted octanol–water partition coefficient (Wildman–Crippen LogP) is 7.47. The number of hydrogen-bond acceptors (Lipinski definition) is 2. The molecule has 0 aliphatic rings. The van der Waals surface area contributed by atoms with Crippen molar-refractivity contribution in [2.75, 3.05) is 13.2 Å². The number of hydrogen-bond donors (Lipinski definition) is 0.